The van der Waals surface area contributed by atoms with E-state index >= 15 is 0 Å². The molecule has 4 heteroatoms. The summed E-state index contributed by atoms with van der Waals surface area (Å²) in [6.45, 7) is 5.21. The second kappa shape index (κ2) is 7.24. The van der Waals surface area contributed by atoms with Crippen LogP contribution < -0.4 is 5.32 Å². The zero-order valence-corrected chi connectivity index (χ0v) is 12.3. The van der Waals surface area contributed by atoms with Gasteiger partial charge in [-0.3, -0.25) is 0 Å². The monoisotopic (exact) mass is 313 g/mol. The highest BCUT2D eigenvalue weighted by Crippen LogP contribution is 2.23. The molecule has 0 radical (unpaired) electrons. The predicted molar refractivity (Wildman–Crippen MR) is 75.7 cm³/mol. The normalized spacial score (nSPS) is 21.8. The Hall–Kier alpha value is -0.420. The fourth-order valence-electron chi connectivity index (χ4n) is 2.13. The molecule has 18 heavy (non-hydrogen) atoms. The van der Waals surface area contributed by atoms with Crippen molar-refractivity contribution in [1.82, 2.24) is 5.32 Å². The van der Waals surface area contributed by atoms with Crippen LogP contribution in [0.15, 0.2) is 28.7 Å². The summed E-state index contributed by atoms with van der Waals surface area (Å²) in [6, 6.07) is 8.61. The Morgan fingerprint density at radius 1 is 1.33 bits per heavy atom. The van der Waals surface area contributed by atoms with E-state index in [1.807, 2.05) is 0 Å². The van der Waals surface area contributed by atoms with Gasteiger partial charge in [-0.2, -0.15) is 0 Å². The summed E-state index contributed by atoms with van der Waals surface area (Å²) >= 11 is 3.47. The van der Waals surface area contributed by atoms with Crippen LogP contribution >= 0.6 is 15.9 Å². The maximum Gasteiger partial charge on any atom is 0.100 e. The Balaban J connectivity index is 2.10. The molecule has 0 amide bonds. The summed E-state index contributed by atoms with van der Waals surface area (Å²) in [5, 5.41) is 3.55. The molecule has 0 aliphatic carbocycles. The average Bonchev–Trinajstić information content (AvgIpc) is 2.42. The first-order chi connectivity index (χ1) is 8.81. The molecule has 1 N–H and O–H groups in total. The predicted octanol–water partition coefficient (Wildman–Crippen LogP) is 2.91. The van der Waals surface area contributed by atoms with Gasteiger partial charge in [0.15, 0.2) is 0 Å². The van der Waals surface area contributed by atoms with Crippen molar-refractivity contribution in [3.63, 3.8) is 0 Å². The van der Waals surface area contributed by atoms with Gasteiger partial charge in [0.25, 0.3) is 0 Å². The zero-order valence-electron chi connectivity index (χ0n) is 10.7. The van der Waals surface area contributed by atoms with E-state index < -0.39 is 0 Å². The molecule has 1 aromatic rings. The molecule has 1 aliphatic heterocycles. The number of hydrogen-bond donors (Lipinski definition) is 1. The Morgan fingerprint density at radius 2 is 2.11 bits per heavy atom. The molecule has 2 unspecified atom stereocenters. The number of halogens is 1. The molecular weight excluding hydrogens is 294 g/mol. The van der Waals surface area contributed by atoms with E-state index in [9.17, 15) is 0 Å². The lowest BCUT2D eigenvalue weighted by molar-refractivity contribution is -0.102. The van der Waals surface area contributed by atoms with Gasteiger partial charge < -0.3 is 14.8 Å². The molecule has 1 aromatic carbocycles. The van der Waals surface area contributed by atoms with Gasteiger partial charge in [0.05, 0.1) is 25.9 Å². The van der Waals surface area contributed by atoms with Crippen molar-refractivity contribution in [2.24, 2.45) is 0 Å². The van der Waals surface area contributed by atoms with E-state index in [0.717, 1.165) is 17.4 Å². The molecule has 1 fully saturated rings. The lowest BCUT2D eigenvalue weighted by Crippen LogP contribution is -2.40. The molecule has 3 nitrogen and oxygen atoms in total. The fourth-order valence-corrected chi connectivity index (χ4v) is 2.40. The quantitative estimate of drug-likeness (QED) is 0.906. The SMILES string of the molecule is CCCNC(c1ccc(Br)cc1)C1COCCO1. The van der Waals surface area contributed by atoms with Gasteiger partial charge in [-0.05, 0) is 30.7 Å². The van der Waals surface area contributed by atoms with E-state index in [2.05, 4.69) is 52.4 Å². The third-order valence-electron chi connectivity index (χ3n) is 3.06. The van der Waals surface area contributed by atoms with Crippen LogP contribution in [-0.4, -0.2) is 32.5 Å². The number of nitrogens with one attached hydrogen (secondary N) is 1. The zero-order chi connectivity index (χ0) is 12.8. The minimum absolute atomic E-state index is 0.103. The van der Waals surface area contributed by atoms with Crippen LogP contribution in [0.2, 0.25) is 0 Å². The van der Waals surface area contributed by atoms with Gasteiger partial charge in [-0.25, -0.2) is 0 Å². The van der Waals surface area contributed by atoms with Gasteiger partial charge in [0, 0.05) is 4.47 Å². The highest BCUT2D eigenvalue weighted by molar-refractivity contribution is 9.10. The third kappa shape index (κ3) is 3.79. The molecule has 1 aliphatic rings. The maximum absolute atomic E-state index is 5.82. The Kier molecular flexibility index (Phi) is 5.63. The van der Waals surface area contributed by atoms with Crippen LogP contribution in [-0.2, 0) is 9.47 Å². The van der Waals surface area contributed by atoms with Crippen LogP contribution in [0, 0.1) is 0 Å². The van der Waals surface area contributed by atoms with Crippen LogP contribution in [0.4, 0.5) is 0 Å². The molecule has 1 saturated heterocycles. The van der Waals surface area contributed by atoms with Crippen molar-refractivity contribution in [3.05, 3.63) is 34.3 Å². The van der Waals surface area contributed by atoms with E-state index in [1.54, 1.807) is 0 Å². The highest BCUT2D eigenvalue weighted by atomic mass is 79.9. The number of rotatable bonds is 5. The summed E-state index contributed by atoms with van der Waals surface area (Å²) in [5.74, 6) is 0. The number of benzene rings is 1. The molecule has 1 heterocycles. The topological polar surface area (TPSA) is 30.5 Å². The summed E-state index contributed by atoms with van der Waals surface area (Å²) in [6.07, 6.45) is 1.21. The molecule has 2 atom stereocenters. The van der Waals surface area contributed by atoms with Crippen LogP contribution in [0.3, 0.4) is 0 Å². The average molecular weight is 314 g/mol. The highest BCUT2D eigenvalue weighted by Gasteiger charge is 2.25. The van der Waals surface area contributed by atoms with Crippen molar-refractivity contribution in [3.8, 4) is 0 Å². The molecule has 100 valence electrons. The molecule has 2 rings (SSSR count). The van der Waals surface area contributed by atoms with E-state index in [0.29, 0.717) is 19.8 Å². The van der Waals surface area contributed by atoms with Gasteiger partial charge >= 0.3 is 0 Å². The second-order valence-corrected chi connectivity index (χ2v) is 5.38. The first kappa shape index (κ1) is 14.0. The second-order valence-electron chi connectivity index (χ2n) is 4.47. The standard InChI is InChI=1S/C14H20BrNO2/c1-2-7-16-14(13-10-17-8-9-18-13)11-3-5-12(15)6-4-11/h3-6,13-14,16H,2,7-10H2,1H3. The van der Waals surface area contributed by atoms with Gasteiger partial charge in [-0.1, -0.05) is 35.0 Å². The smallest absolute Gasteiger partial charge is 0.100 e. The Labute approximate surface area is 117 Å². The number of hydrogen-bond acceptors (Lipinski definition) is 3. The molecule has 0 saturated carbocycles. The molecule has 0 spiro atoms. The first-order valence-electron chi connectivity index (χ1n) is 6.49. The van der Waals surface area contributed by atoms with Crippen LogP contribution in [0.25, 0.3) is 0 Å². The van der Waals surface area contributed by atoms with E-state index in [4.69, 9.17) is 9.47 Å². The van der Waals surface area contributed by atoms with Gasteiger partial charge in [-0.15, -0.1) is 0 Å². The Bertz CT molecular complexity index is 349. The van der Waals surface area contributed by atoms with Crippen molar-refractivity contribution >= 4 is 15.9 Å². The lowest BCUT2D eigenvalue weighted by Gasteiger charge is -2.31. The van der Waals surface area contributed by atoms with E-state index in [1.165, 1.54) is 5.56 Å². The number of ether oxygens (including phenoxy) is 2. The summed E-state index contributed by atoms with van der Waals surface area (Å²) in [5.41, 5.74) is 1.25. The molecular formula is C14H20BrNO2. The summed E-state index contributed by atoms with van der Waals surface area (Å²) < 4.78 is 12.4. The van der Waals surface area contributed by atoms with Crippen molar-refractivity contribution in [2.45, 2.75) is 25.5 Å². The van der Waals surface area contributed by atoms with Crippen LogP contribution in [0.5, 0.6) is 0 Å². The lowest BCUT2D eigenvalue weighted by atomic mass is 10.0. The van der Waals surface area contributed by atoms with E-state index in [-0.39, 0.29) is 12.1 Å². The molecule has 0 aromatic heterocycles. The third-order valence-corrected chi connectivity index (χ3v) is 3.59. The maximum atomic E-state index is 5.82. The van der Waals surface area contributed by atoms with Gasteiger partial charge in [0.2, 0.25) is 0 Å². The van der Waals surface area contributed by atoms with Crippen molar-refractivity contribution in [2.75, 3.05) is 26.4 Å². The minimum Gasteiger partial charge on any atom is -0.376 e. The van der Waals surface area contributed by atoms with Crippen LogP contribution in [0.1, 0.15) is 24.9 Å². The largest absolute Gasteiger partial charge is 0.376 e. The van der Waals surface area contributed by atoms with Crippen molar-refractivity contribution < 1.29 is 9.47 Å². The fraction of sp³-hybridized carbons (Fsp3) is 0.571. The molecule has 0 bridgehead atoms. The minimum atomic E-state index is 0.103. The Morgan fingerprint density at radius 3 is 2.72 bits per heavy atom. The summed E-state index contributed by atoms with van der Waals surface area (Å²) in [7, 11) is 0. The van der Waals surface area contributed by atoms with Crippen molar-refractivity contribution in [1.29, 1.82) is 0 Å². The van der Waals surface area contributed by atoms with Gasteiger partial charge in [0.1, 0.15) is 6.10 Å². The first-order valence-corrected chi connectivity index (χ1v) is 7.28. The summed E-state index contributed by atoms with van der Waals surface area (Å²) in [4.78, 5) is 0.